The molecule has 0 saturated carbocycles. The first-order chi connectivity index (χ1) is 5.35. The maximum Gasteiger partial charge on any atom is 0.202 e. The van der Waals surface area contributed by atoms with Gasteiger partial charge < -0.3 is 0 Å². The highest BCUT2D eigenvalue weighted by molar-refractivity contribution is 9.09. The summed E-state index contributed by atoms with van der Waals surface area (Å²) in [5, 5.41) is 0. The molecular weight excluding hydrogens is 282 g/mol. The van der Waals surface area contributed by atoms with Crippen molar-refractivity contribution in [1.29, 1.82) is 0 Å². The van der Waals surface area contributed by atoms with Gasteiger partial charge in [0.25, 0.3) is 0 Å². The van der Waals surface area contributed by atoms with Crippen LogP contribution in [0.2, 0.25) is 0 Å². The molecule has 12 heavy (non-hydrogen) atoms. The van der Waals surface area contributed by atoms with Gasteiger partial charge in [-0.2, -0.15) is 0 Å². The van der Waals surface area contributed by atoms with Crippen LogP contribution in [0.3, 0.4) is 0 Å². The third-order valence-electron chi connectivity index (χ3n) is 1.86. The summed E-state index contributed by atoms with van der Waals surface area (Å²) < 4.78 is -1.28. The zero-order valence-electron chi connectivity index (χ0n) is 6.40. The SMILES string of the molecule is CC1(C(Cl)(Cl)Cl)C=CC(Br)C=C1. The summed E-state index contributed by atoms with van der Waals surface area (Å²) >= 11 is 20.8. The normalized spacial score (nSPS) is 35.6. The second kappa shape index (κ2) is 3.53. The van der Waals surface area contributed by atoms with Gasteiger partial charge in [-0.15, -0.1) is 0 Å². The monoisotopic (exact) mass is 288 g/mol. The van der Waals surface area contributed by atoms with Crippen molar-refractivity contribution >= 4 is 50.7 Å². The second-order valence-corrected chi connectivity index (χ2v) is 6.28. The maximum absolute atomic E-state index is 5.81. The lowest BCUT2D eigenvalue weighted by molar-refractivity contribution is 0.558. The smallest absolute Gasteiger partial charge is 0.0823 e. The molecule has 0 N–H and O–H groups in total. The molecule has 0 bridgehead atoms. The van der Waals surface area contributed by atoms with Crippen molar-refractivity contribution in [2.24, 2.45) is 5.41 Å². The van der Waals surface area contributed by atoms with E-state index in [4.69, 9.17) is 34.8 Å². The van der Waals surface area contributed by atoms with Crippen LogP contribution in [-0.4, -0.2) is 8.62 Å². The van der Waals surface area contributed by atoms with E-state index < -0.39 is 9.21 Å². The Kier molecular flexibility index (Phi) is 3.21. The van der Waals surface area contributed by atoms with E-state index >= 15 is 0 Å². The van der Waals surface area contributed by atoms with E-state index in [0.717, 1.165) is 0 Å². The fourth-order valence-electron chi connectivity index (χ4n) is 0.892. The van der Waals surface area contributed by atoms with Gasteiger partial charge in [0.05, 0.1) is 10.2 Å². The Morgan fingerprint density at radius 1 is 1.25 bits per heavy atom. The van der Waals surface area contributed by atoms with E-state index in [9.17, 15) is 0 Å². The number of rotatable bonds is 0. The number of alkyl halides is 4. The standard InChI is InChI=1S/C8H8BrCl3/c1-7(8(10,11)12)4-2-6(9)3-5-7/h2-6H,1H3. The molecule has 0 unspecified atom stereocenters. The average molecular weight is 290 g/mol. The Hall–Kier alpha value is 0.830. The Morgan fingerprint density at radius 3 is 2.00 bits per heavy atom. The van der Waals surface area contributed by atoms with Crippen LogP contribution < -0.4 is 0 Å². The molecule has 1 aliphatic rings. The van der Waals surface area contributed by atoms with Gasteiger partial charge in [-0.25, -0.2) is 0 Å². The van der Waals surface area contributed by atoms with E-state index in [2.05, 4.69) is 15.9 Å². The third-order valence-corrected chi connectivity index (χ3v) is 3.70. The highest BCUT2D eigenvalue weighted by atomic mass is 79.9. The summed E-state index contributed by atoms with van der Waals surface area (Å²) in [4.78, 5) is 0.248. The lowest BCUT2D eigenvalue weighted by atomic mass is 9.88. The summed E-state index contributed by atoms with van der Waals surface area (Å²) in [7, 11) is 0. The van der Waals surface area contributed by atoms with Gasteiger partial charge in [0, 0.05) is 0 Å². The number of hydrogen-bond donors (Lipinski definition) is 0. The molecular formula is C8H8BrCl3. The van der Waals surface area contributed by atoms with Gasteiger partial charge in [0.15, 0.2) is 0 Å². The third kappa shape index (κ3) is 2.20. The average Bonchev–Trinajstić information content (AvgIpc) is 1.93. The van der Waals surface area contributed by atoms with Crippen molar-refractivity contribution in [3.05, 3.63) is 24.3 Å². The predicted octanol–water partition coefficient (Wildman–Crippen LogP) is 4.25. The van der Waals surface area contributed by atoms with Crippen LogP contribution in [0.25, 0.3) is 0 Å². The minimum atomic E-state index is -1.28. The molecule has 0 aromatic rings. The van der Waals surface area contributed by atoms with E-state index in [1.165, 1.54) is 0 Å². The molecule has 0 spiro atoms. The minimum absolute atomic E-state index is 0.248. The van der Waals surface area contributed by atoms with Gasteiger partial charge in [0.2, 0.25) is 3.79 Å². The highest BCUT2D eigenvalue weighted by Gasteiger charge is 2.41. The van der Waals surface area contributed by atoms with E-state index in [1.54, 1.807) is 0 Å². The molecule has 4 heteroatoms. The molecule has 0 aromatic carbocycles. The summed E-state index contributed by atoms with van der Waals surface area (Å²) in [6.07, 6.45) is 7.72. The summed E-state index contributed by atoms with van der Waals surface area (Å²) in [6.45, 7) is 1.88. The van der Waals surface area contributed by atoms with Gasteiger partial charge in [0.1, 0.15) is 0 Å². The molecule has 0 nitrogen and oxygen atoms in total. The first kappa shape index (κ1) is 10.9. The Morgan fingerprint density at radius 2 is 1.67 bits per heavy atom. The van der Waals surface area contributed by atoms with Crippen LogP contribution in [-0.2, 0) is 0 Å². The predicted molar refractivity (Wildman–Crippen MR) is 59.4 cm³/mol. The maximum atomic E-state index is 5.81. The molecule has 1 aliphatic carbocycles. The van der Waals surface area contributed by atoms with E-state index in [-0.39, 0.29) is 4.83 Å². The summed E-state index contributed by atoms with van der Waals surface area (Å²) in [5.41, 5.74) is -0.498. The lowest BCUT2D eigenvalue weighted by Crippen LogP contribution is -2.29. The van der Waals surface area contributed by atoms with Crippen molar-refractivity contribution < 1.29 is 0 Å². The second-order valence-electron chi connectivity index (χ2n) is 2.94. The van der Waals surface area contributed by atoms with Crippen molar-refractivity contribution in [3.63, 3.8) is 0 Å². The minimum Gasteiger partial charge on any atom is -0.0823 e. The molecule has 0 aliphatic heterocycles. The van der Waals surface area contributed by atoms with E-state index in [1.807, 2.05) is 31.2 Å². The summed E-state index contributed by atoms with van der Waals surface area (Å²) in [6, 6.07) is 0. The van der Waals surface area contributed by atoms with Gasteiger partial charge in [-0.05, 0) is 6.92 Å². The van der Waals surface area contributed by atoms with Crippen molar-refractivity contribution in [3.8, 4) is 0 Å². The van der Waals surface area contributed by atoms with Crippen LogP contribution >= 0.6 is 50.7 Å². The van der Waals surface area contributed by atoms with Crippen LogP contribution in [0.1, 0.15) is 6.92 Å². The van der Waals surface area contributed by atoms with Crippen molar-refractivity contribution in [1.82, 2.24) is 0 Å². The molecule has 0 amide bonds. The Balaban J connectivity index is 2.89. The quantitative estimate of drug-likeness (QED) is 0.462. The topological polar surface area (TPSA) is 0 Å². The van der Waals surface area contributed by atoms with Crippen LogP contribution in [0, 0.1) is 5.41 Å². The summed E-state index contributed by atoms with van der Waals surface area (Å²) in [5.74, 6) is 0. The molecule has 0 atom stereocenters. The first-order valence-corrected chi connectivity index (χ1v) is 5.50. The Labute approximate surface area is 95.7 Å². The Bertz CT molecular complexity index is 213. The highest BCUT2D eigenvalue weighted by Crippen LogP contribution is 2.48. The molecule has 0 saturated heterocycles. The fourth-order valence-corrected chi connectivity index (χ4v) is 1.58. The molecule has 0 aromatic heterocycles. The molecule has 1 rings (SSSR count). The van der Waals surface area contributed by atoms with Crippen LogP contribution in [0.15, 0.2) is 24.3 Å². The van der Waals surface area contributed by atoms with Gasteiger partial charge in [-0.1, -0.05) is 75.0 Å². The zero-order chi connectivity index (χ0) is 9.41. The van der Waals surface area contributed by atoms with Crippen molar-refractivity contribution in [2.75, 3.05) is 0 Å². The van der Waals surface area contributed by atoms with Crippen LogP contribution in [0.4, 0.5) is 0 Å². The first-order valence-electron chi connectivity index (χ1n) is 3.45. The van der Waals surface area contributed by atoms with Gasteiger partial charge >= 0.3 is 0 Å². The van der Waals surface area contributed by atoms with Gasteiger partial charge in [-0.3, -0.25) is 0 Å². The number of hydrogen-bond acceptors (Lipinski definition) is 0. The number of halogens is 4. The van der Waals surface area contributed by atoms with Crippen molar-refractivity contribution in [2.45, 2.75) is 15.5 Å². The molecule has 0 fully saturated rings. The largest absolute Gasteiger partial charge is 0.202 e. The molecule has 68 valence electrons. The zero-order valence-corrected chi connectivity index (χ0v) is 10.3. The fraction of sp³-hybridized carbons (Fsp3) is 0.500. The van der Waals surface area contributed by atoms with E-state index in [0.29, 0.717) is 0 Å². The number of allylic oxidation sites excluding steroid dienone is 4. The molecule has 0 heterocycles. The molecule has 0 radical (unpaired) electrons. The lowest BCUT2D eigenvalue weighted by Gasteiger charge is -2.32. The van der Waals surface area contributed by atoms with Crippen LogP contribution in [0.5, 0.6) is 0 Å².